The van der Waals surface area contributed by atoms with E-state index in [1.807, 2.05) is 51.1 Å². The number of carbonyl (C=O) groups excluding carboxylic acids is 1. The average Bonchev–Trinajstić information content (AvgIpc) is 3.24. The highest BCUT2D eigenvalue weighted by atomic mass is 16.7. The van der Waals surface area contributed by atoms with Crippen LogP contribution in [0.3, 0.4) is 0 Å². The summed E-state index contributed by atoms with van der Waals surface area (Å²) in [5.74, 6) is 2.44. The Hall–Kier alpha value is -3.35. The molecular formula is C24H26O7. The van der Waals surface area contributed by atoms with Crippen LogP contribution in [-0.2, 0) is 14.3 Å². The molecule has 0 spiro atoms. The zero-order chi connectivity index (χ0) is 22.0. The predicted octanol–water partition coefficient (Wildman–Crippen LogP) is 4.65. The molecule has 7 nitrogen and oxygen atoms in total. The van der Waals surface area contributed by atoms with Gasteiger partial charge in [0.15, 0.2) is 17.6 Å². The number of fused-ring (bicyclic) bond motifs is 2. The van der Waals surface area contributed by atoms with E-state index in [4.69, 9.17) is 28.4 Å². The van der Waals surface area contributed by atoms with Crippen molar-refractivity contribution in [1.29, 1.82) is 0 Å². The van der Waals surface area contributed by atoms with E-state index in [1.54, 1.807) is 6.07 Å². The van der Waals surface area contributed by atoms with Gasteiger partial charge < -0.3 is 28.4 Å². The van der Waals surface area contributed by atoms with Crippen molar-refractivity contribution in [2.24, 2.45) is 0 Å². The third-order valence-corrected chi connectivity index (χ3v) is 4.87. The molecule has 2 aromatic carbocycles. The molecule has 1 unspecified atom stereocenters. The van der Waals surface area contributed by atoms with E-state index in [0.717, 1.165) is 12.0 Å². The smallest absolute Gasteiger partial charge is 0.341 e. The molecule has 2 aromatic rings. The Morgan fingerprint density at radius 3 is 2.61 bits per heavy atom. The molecular weight excluding hydrogens is 400 g/mol. The number of methoxy groups -OCH3 is 1. The van der Waals surface area contributed by atoms with Crippen LogP contribution in [0.15, 0.2) is 42.0 Å². The van der Waals surface area contributed by atoms with Crippen LogP contribution in [0.5, 0.6) is 23.0 Å². The van der Waals surface area contributed by atoms with Gasteiger partial charge in [0.2, 0.25) is 6.79 Å². The average molecular weight is 426 g/mol. The first-order chi connectivity index (χ1) is 15.0. The first-order valence-electron chi connectivity index (χ1n) is 10.3. The summed E-state index contributed by atoms with van der Waals surface area (Å²) in [5, 5.41) is 0. The van der Waals surface area contributed by atoms with Gasteiger partial charge in [-0.2, -0.15) is 0 Å². The highest BCUT2D eigenvalue weighted by Crippen LogP contribution is 2.46. The van der Waals surface area contributed by atoms with Gasteiger partial charge in [0, 0.05) is 5.56 Å². The summed E-state index contributed by atoms with van der Waals surface area (Å²) in [6, 6.07) is 11.0. The molecule has 2 aliphatic heterocycles. The van der Waals surface area contributed by atoms with Crippen molar-refractivity contribution in [3.05, 3.63) is 53.1 Å². The number of hydrogen-bond donors (Lipinski definition) is 0. The molecule has 0 N–H and O–H groups in total. The summed E-state index contributed by atoms with van der Waals surface area (Å²) in [4.78, 5) is 12.9. The summed E-state index contributed by atoms with van der Waals surface area (Å²) in [6.45, 7) is 6.52. The molecule has 0 bridgehead atoms. The third-order valence-electron chi connectivity index (χ3n) is 4.87. The summed E-state index contributed by atoms with van der Waals surface area (Å²) in [7, 11) is 1.34. The van der Waals surface area contributed by atoms with Gasteiger partial charge in [-0.25, -0.2) is 4.79 Å². The second kappa shape index (κ2) is 8.79. The van der Waals surface area contributed by atoms with E-state index in [-0.39, 0.29) is 12.9 Å². The van der Waals surface area contributed by atoms with Crippen molar-refractivity contribution < 1.29 is 33.2 Å². The summed E-state index contributed by atoms with van der Waals surface area (Å²) in [6.07, 6.45) is 0.0663. The van der Waals surface area contributed by atoms with Gasteiger partial charge in [-0.3, -0.25) is 0 Å². The lowest BCUT2D eigenvalue weighted by atomic mass is 9.94. The number of esters is 1. The molecule has 0 saturated heterocycles. The van der Waals surface area contributed by atoms with E-state index in [2.05, 4.69) is 0 Å². The number of carbonyl (C=O) groups is 1. The zero-order valence-corrected chi connectivity index (χ0v) is 18.1. The lowest BCUT2D eigenvalue weighted by molar-refractivity contribution is -0.137. The van der Waals surface area contributed by atoms with Gasteiger partial charge in [0.1, 0.15) is 22.8 Å². The second-order valence-corrected chi connectivity index (χ2v) is 7.52. The molecule has 4 rings (SSSR count). The third kappa shape index (κ3) is 4.13. The standard InChI is InChI=1S/C24H26O7/c1-5-10-27-23-17-12-16(30-14(2)3)7-9-18(17)31-22(21(23)24(25)26-4)15-6-8-19-20(11-15)29-13-28-19/h6-9,11-12,14,22H,5,10,13H2,1-4H3. The van der Waals surface area contributed by atoms with Crippen molar-refractivity contribution in [3.63, 3.8) is 0 Å². The molecule has 2 aliphatic rings. The lowest BCUT2D eigenvalue weighted by Crippen LogP contribution is -2.25. The van der Waals surface area contributed by atoms with Crippen molar-refractivity contribution in [2.75, 3.05) is 20.5 Å². The Kier molecular flexibility index (Phi) is 5.93. The molecule has 1 atom stereocenters. The van der Waals surface area contributed by atoms with Crippen LogP contribution in [0.1, 0.15) is 44.4 Å². The predicted molar refractivity (Wildman–Crippen MR) is 113 cm³/mol. The van der Waals surface area contributed by atoms with Gasteiger partial charge in [-0.1, -0.05) is 13.0 Å². The second-order valence-electron chi connectivity index (χ2n) is 7.52. The monoisotopic (exact) mass is 426 g/mol. The van der Waals surface area contributed by atoms with Crippen LogP contribution in [0, 0.1) is 0 Å². The Morgan fingerprint density at radius 1 is 1.10 bits per heavy atom. The minimum absolute atomic E-state index is 0.00741. The fraction of sp³-hybridized carbons (Fsp3) is 0.375. The Balaban J connectivity index is 1.85. The minimum atomic E-state index is -0.724. The maximum Gasteiger partial charge on any atom is 0.341 e. The van der Waals surface area contributed by atoms with E-state index >= 15 is 0 Å². The fourth-order valence-electron chi connectivity index (χ4n) is 3.57. The topological polar surface area (TPSA) is 72.5 Å². The van der Waals surface area contributed by atoms with Crippen molar-refractivity contribution in [1.82, 2.24) is 0 Å². The highest BCUT2D eigenvalue weighted by Gasteiger charge is 2.37. The molecule has 31 heavy (non-hydrogen) atoms. The molecule has 164 valence electrons. The van der Waals surface area contributed by atoms with Crippen LogP contribution in [0.4, 0.5) is 0 Å². The maximum atomic E-state index is 12.9. The molecule has 0 saturated carbocycles. The van der Waals surface area contributed by atoms with Crippen LogP contribution < -0.4 is 18.9 Å². The van der Waals surface area contributed by atoms with Gasteiger partial charge >= 0.3 is 5.97 Å². The van der Waals surface area contributed by atoms with Crippen LogP contribution in [-0.4, -0.2) is 32.6 Å². The molecule has 2 heterocycles. The molecule has 0 fully saturated rings. The normalized spacial score (nSPS) is 16.6. The van der Waals surface area contributed by atoms with E-state index in [0.29, 0.717) is 46.5 Å². The number of benzene rings is 2. The molecule has 0 aromatic heterocycles. The van der Waals surface area contributed by atoms with Gasteiger partial charge in [0.25, 0.3) is 0 Å². The fourth-order valence-corrected chi connectivity index (χ4v) is 3.57. The van der Waals surface area contributed by atoms with Crippen LogP contribution >= 0.6 is 0 Å². The van der Waals surface area contributed by atoms with Crippen molar-refractivity contribution in [3.8, 4) is 23.0 Å². The van der Waals surface area contributed by atoms with Crippen molar-refractivity contribution in [2.45, 2.75) is 39.4 Å². The van der Waals surface area contributed by atoms with Crippen molar-refractivity contribution >= 4 is 11.7 Å². The largest absolute Gasteiger partial charge is 0.492 e. The lowest BCUT2D eigenvalue weighted by Gasteiger charge is -2.30. The first-order valence-corrected chi connectivity index (χ1v) is 10.3. The van der Waals surface area contributed by atoms with E-state index < -0.39 is 12.1 Å². The minimum Gasteiger partial charge on any atom is -0.492 e. The number of rotatable bonds is 7. The quantitative estimate of drug-likeness (QED) is 0.597. The zero-order valence-electron chi connectivity index (χ0n) is 18.1. The van der Waals surface area contributed by atoms with E-state index in [9.17, 15) is 4.79 Å². The summed E-state index contributed by atoms with van der Waals surface area (Å²) < 4.78 is 34.2. The maximum absolute atomic E-state index is 12.9. The Morgan fingerprint density at radius 2 is 1.87 bits per heavy atom. The summed E-state index contributed by atoms with van der Waals surface area (Å²) in [5.41, 5.74) is 1.68. The SMILES string of the molecule is CCCOC1=C(C(=O)OC)C(c2ccc3c(c2)OCO3)Oc2ccc(OC(C)C)cc21. The van der Waals surface area contributed by atoms with Crippen LogP contribution in [0.25, 0.3) is 5.76 Å². The molecule has 7 heteroatoms. The Bertz CT molecular complexity index is 1010. The summed E-state index contributed by atoms with van der Waals surface area (Å²) >= 11 is 0. The van der Waals surface area contributed by atoms with E-state index in [1.165, 1.54) is 7.11 Å². The first kappa shape index (κ1) is 20.9. The van der Waals surface area contributed by atoms with Gasteiger partial charge in [0.05, 0.1) is 25.4 Å². The highest BCUT2D eigenvalue weighted by molar-refractivity contribution is 5.99. The number of ether oxygens (including phenoxy) is 6. The molecule has 0 radical (unpaired) electrons. The number of hydrogen-bond acceptors (Lipinski definition) is 7. The van der Waals surface area contributed by atoms with Gasteiger partial charge in [-0.05, 0) is 50.6 Å². The Labute approximate surface area is 181 Å². The molecule has 0 aliphatic carbocycles. The van der Waals surface area contributed by atoms with Crippen LogP contribution in [0.2, 0.25) is 0 Å². The molecule has 0 amide bonds. The van der Waals surface area contributed by atoms with Gasteiger partial charge in [-0.15, -0.1) is 0 Å².